The molecule has 0 saturated heterocycles. The van der Waals surface area contributed by atoms with Crippen LogP contribution in [0.25, 0.3) is 0 Å². The Morgan fingerprint density at radius 1 is 1.50 bits per heavy atom. The van der Waals surface area contributed by atoms with Crippen molar-refractivity contribution < 1.29 is 14.3 Å². The number of amides is 1. The highest BCUT2D eigenvalue weighted by molar-refractivity contribution is 6.31. The lowest BCUT2D eigenvalue weighted by atomic mass is 10.1. The van der Waals surface area contributed by atoms with Crippen molar-refractivity contribution in [1.29, 1.82) is 0 Å². The van der Waals surface area contributed by atoms with E-state index >= 15 is 0 Å². The molecule has 100 valence electrons. The highest BCUT2D eigenvalue weighted by atomic mass is 35.5. The van der Waals surface area contributed by atoms with Crippen molar-refractivity contribution in [3.63, 3.8) is 0 Å². The summed E-state index contributed by atoms with van der Waals surface area (Å²) in [7, 11) is 0. The zero-order valence-electron chi connectivity index (χ0n) is 10.5. The van der Waals surface area contributed by atoms with E-state index in [0.29, 0.717) is 10.6 Å². The number of halogens is 2. The summed E-state index contributed by atoms with van der Waals surface area (Å²) in [5, 5.41) is 12.0. The van der Waals surface area contributed by atoms with Gasteiger partial charge in [-0.1, -0.05) is 17.7 Å². The normalized spacial score (nSPS) is 11.4. The molecule has 0 aliphatic rings. The molecule has 0 aliphatic carbocycles. The van der Waals surface area contributed by atoms with Gasteiger partial charge in [0, 0.05) is 17.0 Å². The lowest BCUT2D eigenvalue weighted by Crippen LogP contribution is -2.46. The lowest BCUT2D eigenvalue weighted by molar-refractivity contribution is -0.123. The van der Waals surface area contributed by atoms with Crippen LogP contribution in [0.5, 0.6) is 0 Å². The second kappa shape index (κ2) is 6.16. The maximum atomic E-state index is 13.4. The van der Waals surface area contributed by atoms with Crippen LogP contribution in [0, 0.1) is 5.82 Å². The molecule has 0 aromatic heterocycles. The molecule has 0 heterocycles. The van der Waals surface area contributed by atoms with E-state index in [4.69, 9.17) is 16.7 Å². The van der Waals surface area contributed by atoms with E-state index in [9.17, 15) is 9.18 Å². The molecule has 0 spiro atoms. The maximum absolute atomic E-state index is 13.4. The molecule has 5 heteroatoms. The van der Waals surface area contributed by atoms with Gasteiger partial charge in [0.05, 0.1) is 12.1 Å². The minimum Gasteiger partial charge on any atom is -0.394 e. The van der Waals surface area contributed by atoms with Crippen LogP contribution in [0.1, 0.15) is 25.8 Å². The van der Waals surface area contributed by atoms with Gasteiger partial charge in [-0.25, -0.2) is 4.39 Å². The molecule has 1 aromatic rings. The van der Waals surface area contributed by atoms with Crippen molar-refractivity contribution in [3.05, 3.63) is 34.6 Å². The number of hydrogen-bond donors (Lipinski definition) is 2. The van der Waals surface area contributed by atoms with E-state index in [1.807, 2.05) is 0 Å². The van der Waals surface area contributed by atoms with E-state index in [1.54, 1.807) is 19.9 Å². The fourth-order valence-corrected chi connectivity index (χ4v) is 1.75. The van der Waals surface area contributed by atoms with Gasteiger partial charge in [0.2, 0.25) is 5.91 Å². The molecule has 1 rings (SSSR count). The third-order valence-corrected chi connectivity index (χ3v) is 2.89. The van der Waals surface area contributed by atoms with Crippen molar-refractivity contribution in [3.8, 4) is 0 Å². The number of carbonyl (C=O) groups is 1. The first kappa shape index (κ1) is 14.9. The van der Waals surface area contributed by atoms with Crippen LogP contribution in [0.2, 0.25) is 5.02 Å². The SMILES string of the molecule is CC(C)(CO)NC(=O)CCc1c(F)cccc1Cl. The summed E-state index contributed by atoms with van der Waals surface area (Å²) < 4.78 is 13.4. The fourth-order valence-electron chi connectivity index (χ4n) is 1.49. The van der Waals surface area contributed by atoms with Gasteiger partial charge in [-0.05, 0) is 32.4 Å². The van der Waals surface area contributed by atoms with E-state index in [2.05, 4.69) is 5.32 Å². The molecule has 0 unspecified atom stereocenters. The zero-order valence-corrected chi connectivity index (χ0v) is 11.2. The molecule has 0 atom stereocenters. The Morgan fingerprint density at radius 2 is 2.17 bits per heavy atom. The molecule has 0 aliphatic heterocycles. The molecular weight excluding hydrogens is 257 g/mol. The number of aliphatic hydroxyl groups is 1. The van der Waals surface area contributed by atoms with Crippen LogP contribution >= 0.6 is 11.6 Å². The highest BCUT2D eigenvalue weighted by Gasteiger charge is 2.19. The summed E-state index contributed by atoms with van der Waals surface area (Å²) in [5.41, 5.74) is -0.327. The minimum absolute atomic E-state index is 0.129. The maximum Gasteiger partial charge on any atom is 0.220 e. The van der Waals surface area contributed by atoms with Gasteiger partial charge in [0.1, 0.15) is 5.82 Å². The number of benzene rings is 1. The van der Waals surface area contributed by atoms with Crippen LogP contribution in [0.15, 0.2) is 18.2 Å². The molecule has 2 N–H and O–H groups in total. The molecule has 18 heavy (non-hydrogen) atoms. The molecule has 0 radical (unpaired) electrons. The van der Waals surface area contributed by atoms with Crippen LogP contribution in [0.3, 0.4) is 0 Å². The number of nitrogens with one attached hydrogen (secondary N) is 1. The molecule has 0 bridgehead atoms. The Labute approximate surface area is 111 Å². The number of carbonyl (C=O) groups excluding carboxylic acids is 1. The molecule has 3 nitrogen and oxygen atoms in total. The standard InChI is InChI=1S/C13H17ClFNO2/c1-13(2,8-17)16-12(18)7-6-9-10(14)4-3-5-11(9)15/h3-5,17H,6-8H2,1-2H3,(H,16,18). The van der Waals surface area contributed by atoms with Gasteiger partial charge >= 0.3 is 0 Å². The van der Waals surface area contributed by atoms with Gasteiger partial charge in [-0.3, -0.25) is 4.79 Å². The topological polar surface area (TPSA) is 49.3 Å². The largest absolute Gasteiger partial charge is 0.394 e. The zero-order chi connectivity index (χ0) is 13.8. The number of rotatable bonds is 5. The third kappa shape index (κ3) is 4.27. The Morgan fingerprint density at radius 3 is 2.72 bits per heavy atom. The van der Waals surface area contributed by atoms with E-state index in [1.165, 1.54) is 12.1 Å². The predicted octanol–water partition coefficient (Wildman–Crippen LogP) is 2.30. The number of hydrogen-bond acceptors (Lipinski definition) is 2. The Balaban J connectivity index is 2.58. The van der Waals surface area contributed by atoms with Crippen molar-refractivity contribution in [2.45, 2.75) is 32.2 Å². The van der Waals surface area contributed by atoms with Crippen molar-refractivity contribution >= 4 is 17.5 Å². The first-order valence-electron chi connectivity index (χ1n) is 5.70. The second-order valence-corrected chi connectivity index (χ2v) is 5.20. The molecule has 0 saturated carbocycles. The lowest BCUT2D eigenvalue weighted by Gasteiger charge is -2.23. The first-order chi connectivity index (χ1) is 8.35. The number of aliphatic hydroxyl groups excluding tert-OH is 1. The monoisotopic (exact) mass is 273 g/mol. The summed E-state index contributed by atoms with van der Waals surface area (Å²) in [5.74, 6) is -0.648. The van der Waals surface area contributed by atoms with Crippen molar-refractivity contribution in [2.75, 3.05) is 6.61 Å². The summed E-state index contributed by atoms with van der Waals surface area (Å²) in [6, 6.07) is 4.43. The average Bonchev–Trinajstić information content (AvgIpc) is 2.28. The Bertz CT molecular complexity index is 415. The van der Waals surface area contributed by atoms with Gasteiger partial charge in [-0.15, -0.1) is 0 Å². The summed E-state index contributed by atoms with van der Waals surface area (Å²) in [4.78, 5) is 11.6. The average molecular weight is 274 g/mol. The quantitative estimate of drug-likeness (QED) is 0.865. The van der Waals surface area contributed by atoms with E-state index in [-0.39, 0.29) is 25.4 Å². The summed E-state index contributed by atoms with van der Waals surface area (Å²) in [6.45, 7) is 3.27. The summed E-state index contributed by atoms with van der Waals surface area (Å²) in [6.07, 6.45) is 0.364. The Hall–Kier alpha value is -1.13. The minimum atomic E-state index is -0.671. The van der Waals surface area contributed by atoms with Gasteiger partial charge in [-0.2, -0.15) is 0 Å². The van der Waals surface area contributed by atoms with Gasteiger partial charge < -0.3 is 10.4 Å². The van der Waals surface area contributed by atoms with Gasteiger partial charge in [0.15, 0.2) is 0 Å². The molecule has 0 fully saturated rings. The Kier molecular flexibility index (Phi) is 5.11. The second-order valence-electron chi connectivity index (χ2n) is 4.79. The van der Waals surface area contributed by atoms with Crippen LogP contribution in [0.4, 0.5) is 4.39 Å². The molecule has 1 aromatic carbocycles. The van der Waals surface area contributed by atoms with Crippen LogP contribution < -0.4 is 5.32 Å². The fraction of sp³-hybridized carbons (Fsp3) is 0.462. The van der Waals surface area contributed by atoms with Crippen LogP contribution in [-0.4, -0.2) is 23.2 Å². The van der Waals surface area contributed by atoms with E-state index < -0.39 is 11.4 Å². The summed E-state index contributed by atoms with van der Waals surface area (Å²) >= 11 is 5.86. The van der Waals surface area contributed by atoms with Crippen molar-refractivity contribution in [2.24, 2.45) is 0 Å². The third-order valence-electron chi connectivity index (χ3n) is 2.54. The predicted molar refractivity (Wildman–Crippen MR) is 69.0 cm³/mol. The van der Waals surface area contributed by atoms with Crippen molar-refractivity contribution in [1.82, 2.24) is 5.32 Å². The molecular formula is C13H17ClFNO2. The van der Waals surface area contributed by atoms with Crippen LogP contribution in [-0.2, 0) is 11.2 Å². The molecule has 1 amide bonds. The highest BCUT2D eigenvalue weighted by Crippen LogP contribution is 2.20. The van der Waals surface area contributed by atoms with Gasteiger partial charge in [0.25, 0.3) is 0 Å². The smallest absolute Gasteiger partial charge is 0.220 e. The first-order valence-corrected chi connectivity index (χ1v) is 6.08. The van der Waals surface area contributed by atoms with E-state index in [0.717, 1.165) is 0 Å².